The van der Waals surface area contributed by atoms with Crippen LogP contribution in [0.4, 0.5) is 5.69 Å². The van der Waals surface area contributed by atoms with E-state index >= 15 is 0 Å². The highest BCUT2D eigenvalue weighted by Gasteiger charge is 2.27. The summed E-state index contributed by atoms with van der Waals surface area (Å²) in [6.45, 7) is 1.79. The monoisotopic (exact) mass is 234 g/mol. The maximum Gasteiger partial charge on any atom is 0.246 e. The molecule has 17 heavy (non-hydrogen) atoms. The molecule has 1 aliphatic rings. The van der Waals surface area contributed by atoms with Crippen molar-refractivity contribution in [3.8, 4) is 5.75 Å². The van der Waals surface area contributed by atoms with Gasteiger partial charge < -0.3 is 15.7 Å². The average molecular weight is 234 g/mol. The summed E-state index contributed by atoms with van der Waals surface area (Å²) in [5, 5.41) is 14.6. The molecule has 0 unspecified atom stereocenters. The summed E-state index contributed by atoms with van der Waals surface area (Å²) in [4.78, 5) is 22.8. The molecule has 1 aromatic rings. The minimum absolute atomic E-state index is 0.0902. The van der Waals surface area contributed by atoms with Gasteiger partial charge in [-0.1, -0.05) is 0 Å². The third-order valence-corrected chi connectivity index (χ3v) is 2.78. The molecule has 0 bridgehead atoms. The van der Waals surface area contributed by atoms with E-state index in [0.717, 1.165) is 5.56 Å². The summed E-state index contributed by atoms with van der Waals surface area (Å²) in [5.41, 5.74) is 1.43. The number of phenolic OH excluding ortho intramolecular Hbond substituents is 1. The molecule has 0 aromatic heterocycles. The van der Waals surface area contributed by atoms with Crippen molar-refractivity contribution in [1.29, 1.82) is 0 Å². The topological polar surface area (TPSA) is 78.4 Å². The molecule has 0 saturated carbocycles. The molecule has 5 nitrogen and oxygen atoms in total. The van der Waals surface area contributed by atoms with Gasteiger partial charge in [-0.2, -0.15) is 0 Å². The van der Waals surface area contributed by atoms with Gasteiger partial charge in [-0.05, 0) is 37.1 Å². The number of phenols is 1. The zero-order chi connectivity index (χ0) is 12.4. The number of hydrogen-bond acceptors (Lipinski definition) is 3. The minimum atomic E-state index is -0.448. The van der Waals surface area contributed by atoms with Crippen molar-refractivity contribution in [3.05, 3.63) is 23.8 Å². The molecule has 90 valence electrons. The summed E-state index contributed by atoms with van der Waals surface area (Å²) >= 11 is 0. The van der Waals surface area contributed by atoms with Crippen molar-refractivity contribution in [3.63, 3.8) is 0 Å². The lowest BCUT2D eigenvalue weighted by Crippen LogP contribution is -2.37. The van der Waals surface area contributed by atoms with Crippen LogP contribution in [0.3, 0.4) is 0 Å². The van der Waals surface area contributed by atoms with Gasteiger partial charge in [0.25, 0.3) is 0 Å². The van der Waals surface area contributed by atoms with Crippen molar-refractivity contribution in [2.45, 2.75) is 25.8 Å². The summed E-state index contributed by atoms with van der Waals surface area (Å²) < 4.78 is 0. The largest absolute Gasteiger partial charge is 0.508 e. The quantitative estimate of drug-likeness (QED) is 0.666. The Hall–Kier alpha value is -2.04. The fraction of sp³-hybridized carbons (Fsp3) is 0.333. The Morgan fingerprint density at radius 3 is 2.88 bits per heavy atom. The fourth-order valence-corrected chi connectivity index (χ4v) is 1.82. The van der Waals surface area contributed by atoms with Gasteiger partial charge in [0.2, 0.25) is 11.8 Å². The van der Waals surface area contributed by atoms with Crippen LogP contribution in [0.25, 0.3) is 0 Å². The highest BCUT2D eigenvalue weighted by Crippen LogP contribution is 2.20. The molecule has 2 rings (SSSR count). The van der Waals surface area contributed by atoms with E-state index in [2.05, 4.69) is 10.6 Å². The second kappa shape index (κ2) is 4.45. The molecule has 1 aliphatic heterocycles. The fourth-order valence-electron chi connectivity index (χ4n) is 1.82. The third-order valence-electron chi connectivity index (χ3n) is 2.78. The number of carbonyl (C=O) groups excluding carboxylic acids is 2. The number of rotatable bonds is 2. The van der Waals surface area contributed by atoms with E-state index in [4.69, 9.17) is 0 Å². The molecular weight excluding hydrogens is 220 g/mol. The Labute approximate surface area is 98.8 Å². The maximum atomic E-state index is 11.8. The van der Waals surface area contributed by atoms with Crippen LogP contribution in [-0.2, 0) is 9.59 Å². The number of amides is 2. The lowest BCUT2D eigenvalue weighted by atomic mass is 10.1. The van der Waals surface area contributed by atoms with Crippen LogP contribution in [0.1, 0.15) is 18.4 Å². The molecule has 0 aliphatic carbocycles. The zero-order valence-electron chi connectivity index (χ0n) is 9.49. The van der Waals surface area contributed by atoms with E-state index in [1.807, 2.05) is 0 Å². The molecule has 1 atom stereocenters. The summed E-state index contributed by atoms with van der Waals surface area (Å²) in [6, 6.07) is 4.27. The highest BCUT2D eigenvalue weighted by atomic mass is 16.3. The molecular formula is C12H14N2O3. The Morgan fingerprint density at radius 2 is 2.29 bits per heavy atom. The van der Waals surface area contributed by atoms with Gasteiger partial charge in [0.05, 0.1) is 0 Å². The van der Waals surface area contributed by atoms with Crippen molar-refractivity contribution in [1.82, 2.24) is 5.32 Å². The van der Waals surface area contributed by atoms with Gasteiger partial charge >= 0.3 is 0 Å². The molecule has 0 radical (unpaired) electrons. The van der Waals surface area contributed by atoms with E-state index in [1.54, 1.807) is 19.1 Å². The van der Waals surface area contributed by atoms with Crippen molar-refractivity contribution < 1.29 is 14.7 Å². The average Bonchev–Trinajstić information content (AvgIpc) is 2.69. The number of nitrogens with one attached hydrogen (secondary N) is 2. The van der Waals surface area contributed by atoms with E-state index in [-0.39, 0.29) is 17.6 Å². The normalized spacial score (nSPS) is 18.9. The molecule has 1 saturated heterocycles. The van der Waals surface area contributed by atoms with Gasteiger partial charge in [-0.25, -0.2) is 0 Å². The van der Waals surface area contributed by atoms with E-state index in [1.165, 1.54) is 6.07 Å². The van der Waals surface area contributed by atoms with Crippen LogP contribution in [0, 0.1) is 6.92 Å². The lowest BCUT2D eigenvalue weighted by molar-refractivity contribution is -0.122. The van der Waals surface area contributed by atoms with Gasteiger partial charge in [-0.15, -0.1) is 0 Å². The molecule has 3 N–H and O–H groups in total. The summed E-state index contributed by atoms with van der Waals surface area (Å²) in [6.07, 6.45) is 0.925. The van der Waals surface area contributed by atoms with E-state index in [9.17, 15) is 14.7 Å². The lowest BCUT2D eigenvalue weighted by Gasteiger charge is -2.12. The van der Waals surface area contributed by atoms with Crippen molar-refractivity contribution in [2.75, 3.05) is 5.32 Å². The smallest absolute Gasteiger partial charge is 0.246 e. The SMILES string of the molecule is Cc1cc(O)ccc1NC(=O)[C@H]1CCC(=O)N1. The third kappa shape index (κ3) is 2.55. The van der Waals surface area contributed by atoms with Crippen LogP contribution < -0.4 is 10.6 Å². The molecule has 1 aromatic carbocycles. The predicted molar refractivity (Wildman–Crippen MR) is 62.6 cm³/mol. The first-order valence-corrected chi connectivity index (χ1v) is 5.46. The number of aryl methyl sites for hydroxylation is 1. The summed E-state index contributed by atoms with van der Waals surface area (Å²) in [5.74, 6) is -0.146. The predicted octanol–water partition coefficient (Wildman–Crippen LogP) is 0.918. The van der Waals surface area contributed by atoms with Crippen LogP contribution in [0.15, 0.2) is 18.2 Å². The zero-order valence-corrected chi connectivity index (χ0v) is 9.49. The van der Waals surface area contributed by atoms with Gasteiger partial charge in [0.15, 0.2) is 0 Å². The Kier molecular flexibility index (Phi) is 2.99. The maximum absolute atomic E-state index is 11.8. The standard InChI is InChI=1S/C12H14N2O3/c1-7-6-8(15)2-3-9(7)14-12(17)10-4-5-11(16)13-10/h2-3,6,10,15H,4-5H2,1H3,(H,13,16)(H,14,17)/t10-/m1/s1. The molecule has 1 heterocycles. The first-order valence-electron chi connectivity index (χ1n) is 5.46. The molecule has 2 amide bonds. The van der Waals surface area contributed by atoms with Gasteiger partial charge in [0.1, 0.15) is 11.8 Å². The van der Waals surface area contributed by atoms with Gasteiger partial charge in [-0.3, -0.25) is 9.59 Å². The molecule has 1 fully saturated rings. The second-order valence-corrected chi connectivity index (χ2v) is 4.15. The van der Waals surface area contributed by atoms with Gasteiger partial charge in [0, 0.05) is 12.1 Å². The first-order chi connectivity index (χ1) is 8.06. The molecule has 0 spiro atoms. The number of aromatic hydroxyl groups is 1. The van der Waals surface area contributed by atoms with Crippen molar-refractivity contribution in [2.24, 2.45) is 0 Å². The molecule has 5 heteroatoms. The number of hydrogen-bond donors (Lipinski definition) is 3. The number of anilines is 1. The van der Waals surface area contributed by atoms with E-state index in [0.29, 0.717) is 18.5 Å². The van der Waals surface area contributed by atoms with Crippen LogP contribution in [-0.4, -0.2) is 23.0 Å². The van der Waals surface area contributed by atoms with Crippen LogP contribution in [0.2, 0.25) is 0 Å². The number of carbonyl (C=O) groups is 2. The van der Waals surface area contributed by atoms with E-state index < -0.39 is 6.04 Å². The van der Waals surface area contributed by atoms with Crippen molar-refractivity contribution >= 4 is 17.5 Å². The Balaban J connectivity index is 2.05. The summed E-state index contributed by atoms with van der Waals surface area (Å²) in [7, 11) is 0. The highest BCUT2D eigenvalue weighted by molar-refractivity contribution is 5.99. The second-order valence-electron chi connectivity index (χ2n) is 4.15. The minimum Gasteiger partial charge on any atom is -0.508 e. The van der Waals surface area contributed by atoms with Crippen LogP contribution in [0.5, 0.6) is 5.75 Å². The number of benzene rings is 1. The Morgan fingerprint density at radius 1 is 1.53 bits per heavy atom. The van der Waals surface area contributed by atoms with Crippen LogP contribution >= 0.6 is 0 Å². The Bertz CT molecular complexity index is 471. The first kappa shape index (κ1) is 11.4.